The molecule has 15 unspecified atom stereocenters. The fourth-order valence-corrected chi connectivity index (χ4v) is 17.2. The molecule has 5 aliphatic carbocycles. The lowest BCUT2D eigenvalue weighted by atomic mass is 9.33. The van der Waals surface area contributed by atoms with E-state index in [2.05, 4.69) is 73.9 Å². The number of hydrogen-bond donors (Lipinski definition) is 11. The lowest BCUT2D eigenvalue weighted by Gasteiger charge is -2.71. The first-order valence-electron chi connectivity index (χ1n) is 30.1. The van der Waals surface area contributed by atoms with Gasteiger partial charge in [0.2, 0.25) is 12.2 Å². The van der Waals surface area contributed by atoms with Gasteiger partial charge in [0, 0.05) is 22.1 Å². The van der Waals surface area contributed by atoms with E-state index >= 15 is 4.79 Å². The van der Waals surface area contributed by atoms with Crippen LogP contribution in [-0.4, -0.2) is 188 Å². The third-order valence-corrected chi connectivity index (χ3v) is 22.8. The van der Waals surface area contributed by atoms with Crippen LogP contribution in [-0.2, 0) is 42.8 Å². The number of benzene rings is 1. The van der Waals surface area contributed by atoms with Crippen molar-refractivity contribution in [3.8, 4) is 0 Å². The second kappa shape index (κ2) is 25.0. The number of esters is 1. The summed E-state index contributed by atoms with van der Waals surface area (Å²) in [5.41, 5.74) is -2.38. The van der Waals surface area contributed by atoms with Crippen LogP contribution in [0.4, 0.5) is 0 Å². The second-order valence-corrected chi connectivity index (χ2v) is 28.5. The van der Waals surface area contributed by atoms with Crippen molar-refractivity contribution in [3.05, 3.63) is 45.0 Å². The molecular formula is C61H91IN2O19. The Morgan fingerprint density at radius 3 is 2.16 bits per heavy atom. The van der Waals surface area contributed by atoms with Crippen LogP contribution in [0.1, 0.15) is 142 Å². The van der Waals surface area contributed by atoms with E-state index in [0.29, 0.717) is 63.5 Å². The first-order chi connectivity index (χ1) is 39.1. The number of fused-ring (bicyclic) bond motifs is 7. The van der Waals surface area contributed by atoms with E-state index < -0.39 is 145 Å². The summed E-state index contributed by atoms with van der Waals surface area (Å²) < 4.78 is 38.1. The lowest BCUT2D eigenvalue weighted by Crippen LogP contribution is -2.69. The van der Waals surface area contributed by atoms with E-state index in [0.717, 1.165) is 28.3 Å². The largest absolute Gasteiger partial charge is 0.432 e. The number of ether oxygens (including phenoxy) is 6. The molecule has 3 heterocycles. The van der Waals surface area contributed by atoms with Gasteiger partial charge in [-0.2, -0.15) is 0 Å². The number of halogens is 1. The number of amides is 2. The maximum Gasteiger partial charge on any atom is 0.317 e. The van der Waals surface area contributed by atoms with E-state index in [-0.39, 0.29) is 59.9 Å². The van der Waals surface area contributed by atoms with Crippen LogP contribution in [0.25, 0.3) is 0 Å². The number of aliphatic hydroxyl groups excluding tert-OH is 9. The van der Waals surface area contributed by atoms with Crippen LogP contribution in [0.2, 0.25) is 0 Å². The fraction of sp³-hybridized carbons (Fsp3) is 0.803. The number of allylic oxidation sites excluding steroid dienone is 2. The Hall–Kier alpha value is -2.79. The monoisotopic (exact) mass is 1280 g/mol. The molecular weight excluding hydrogens is 1190 g/mol. The standard InChI is InChI=1S/C61H91IN2O19/c1-31-49(81-53-48(75)46(73)37(68)29-78-53)45(72)34(27-65)52(79-31)82-50-47(74)44(64-43(71)11-9-8-10-24-63-51(76)32-12-14-33(62)15-13-32)38(28-66)80-54(50)83-55(77)61-23-22-56(2,3)25-36(61)35-16-17-40-57(4)20-19-41(69)58(5,30-67)39(57)18-21-59(40,6)60(35,7)26-42(61)70/h12-16,30-31,34,36-42,44-50,52-54,65-66,68-70,72-75H,8-11,17-29H2,1-7H3,(H,63,76)(H,64,71)/t31?,34?,36?,37-,38?,39?,40?,41+,42?,44+,45+,46?,47?,48?,49+,50?,52+,53+,54+,57?,58?,59?,60?,61-/m1/s1. The number of unbranched alkanes of at least 4 members (excludes halogenated alkanes) is 2. The maximum absolute atomic E-state index is 15.8. The predicted octanol–water partition coefficient (Wildman–Crippen LogP) is 2.92. The molecule has 0 radical (unpaired) electrons. The molecule has 21 nitrogen and oxygen atoms in total. The average molecular weight is 1280 g/mol. The highest BCUT2D eigenvalue weighted by atomic mass is 127. The van der Waals surface area contributed by atoms with Crippen molar-refractivity contribution < 1.29 is 93.6 Å². The van der Waals surface area contributed by atoms with E-state index in [4.69, 9.17) is 28.4 Å². The Morgan fingerprint density at radius 2 is 1.47 bits per heavy atom. The van der Waals surface area contributed by atoms with Gasteiger partial charge in [0.1, 0.15) is 48.3 Å². The summed E-state index contributed by atoms with van der Waals surface area (Å²) in [6.07, 6.45) is -11.0. The Labute approximate surface area is 500 Å². The summed E-state index contributed by atoms with van der Waals surface area (Å²) in [5, 5.41) is 107. The van der Waals surface area contributed by atoms with Crippen molar-refractivity contribution in [1.29, 1.82) is 0 Å². The molecule has 11 N–H and O–H groups in total. The van der Waals surface area contributed by atoms with Crippen molar-refractivity contribution in [1.82, 2.24) is 10.6 Å². The third kappa shape index (κ3) is 11.7. The minimum absolute atomic E-state index is 0.0109. The van der Waals surface area contributed by atoms with Crippen LogP contribution in [0.3, 0.4) is 0 Å². The molecule has 2 amide bonds. The highest BCUT2D eigenvalue weighted by molar-refractivity contribution is 14.1. The summed E-state index contributed by atoms with van der Waals surface area (Å²) in [5.74, 6) is -3.37. The summed E-state index contributed by atoms with van der Waals surface area (Å²) in [6.45, 7) is 12.9. The molecule has 3 aliphatic heterocycles. The smallest absolute Gasteiger partial charge is 0.317 e. The van der Waals surface area contributed by atoms with Crippen LogP contribution in [0.15, 0.2) is 35.9 Å². The van der Waals surface area contributed by atoms with Gasteiger partial charge in [-0.1, -0.05) is 59.6 Å². The highest BCUT2D eigenvalue weighted by Gasteiger charge is 2.72. The summed E-state index contributed by atoms with van der Waals surface area (Å²) in [7, 11) is 0. The van der Waals surface area contributed by atoms with Gasteiger partial charge < -0.3 is 89.8 Å². The van der Waals surface area contributed by atoms with E-state index in [1.54, 1.807) is 12.1 Å². The number of aldehydes is 1. The molecule has 3 saturated heterocycles. The number of hydrogen-bond acceptors (Lipinski definition) is 19. The summed E-state index contributed by atoms with van der Waals surface area (Å²) in [4.78, 5) is 55.0. The van der Waals surface area contributed by atoms with Crippen LogP contribution >= 0.6 is 22.6 Å². The molecule has 1 aromatic carbocycles. The quantitative estimate of drug-likeness (QED) is 0.0351. The zero-order valence-corrected chi connectivity index (χ0v) is 51.1. The first kappa shape index (κ1) is 64.7. The lowest BCUT2D eigenvalue weighted by molar-refractivity contribution is -0.365. The molecule has 4 saturated carbocycles. The number of carbonyl (C=O) groups excluding carboxylic acids is 4. The van der Waals surface area contributed by atoms with Crippen LogP contribution in [0, 0.1) is 59.7 Å². The highest BCUT2D eigenvalue weighted by Crippen LogP contribution is 2.76. The number of aliphatic hydroxyl groups is 9. The molecule has 0 aromatic heterocycles. The normalized spacial score (nSPS) is 45.7. The van der Waals surface area contributed by atoms with Gasteiger partial charge in [-0.15, -0.1) is 0 Å². The zero-order valence-electron chi connectivity index (χ0n) is 48.9. The fourth-order valence-electron chi connectivity index (χ4n) is 16.9. The van der Waals surface area contributed by atoms with Crippen molar-refractivity contribution in [3.63, 3.8) is 0 Å². The summed E-state index contributed by atoms with van der Waals surface area (Å²) >= 11 is 2.16. The molecule has 24 atom stereocenters. The minimum Gasteiger partial charge on any atom is -0.432 e. The van der Waals surface area contributed by atoms with Crippen molar-refractivity contribution >= 4 is 46.7 Å². The number of rotatable bonds is 17. The predicted molar refractivity (Wildman–Crippen MR) is 305 cm³/mol. The van der Waals surface area contributed by atoms with Crippen molar-refractivity contribution in [2.24, 2.45) is 56.2 Å². The minimum atomic E-state index is -1.84. The Morgan fingerprint density at radius 1 is 0.759 bits per heavy atom. The van der Waals surface area contributed by atoms with Gasteiger partial charge in [-0.05, 0) is 164 Å². The van der Waals surface area contributed by atoms with Crippen molar-refractivity contribution in [2.75, 3.05) is 26.4 Å². The van der Waals surface area contributed by atoms with Crippen molar-refractivity contribution in [2.45, 2.75) is 224 Å². The Balaban J connectivity index is 0.973. The van der Waals surface area contributed by atoms with E-state index in [9.17, 15) is 60.3 Å². The third-order valence-electron chi connectivity index (χ3n) is 22.1. The SMILES string of the molecule is CC1O[C@@H](OC2C(O)[C@@H](NC(=O)CCCCCNC(=O)c3ccc(I)cc3)C(CO)O[C@H]2OC(=O)[C@]23CCC(C)(C)CC2C2=CCC4C5(C)CC[C@H](O)C(C)(C=O)C5CCC4(C)C2(C)CC3O)C(CO)[C@H](O)[C@H]1O[C@@H]1OC[C@@H](O)C(O)C1O. The van der Waals surface area contributed by atoms with Gasteiger partial charge in [0.25, 0.3) is 5.91 Å². The first-order valence-corrected chi connectivity index (χ1v) is 31.1. The van der Waals surface area contributed by atoms with Crippen LogP contribution < -0.4 is 10.6 Å². The van der Waals surface area contributed by atoms with Gasteiger partial charge >= 0.3 is 5.97 Å². The average Bonchev–Trinajstić information content (AvgIpc) is 0.743. The van der Waals surface area contributed by atoms with Gasteiger partial charge in [-0.3, -0.25) is 14.4 Å². The second-order valence-electron chi connectivity index (χ2n) is 27.3. The summed E-state index contributed by atoms with van der Waals surface area (Å²) in [6, 6.07) is 5.79. The molecule has 22 heteroatoms. The van der Waals surface area contributed by atoms with E-state index in [1.165, 1.54) is 6.92 Å². The van der Waals surface area contributed by atoms with E-state index in [1.807, 2.05) is 19.1 Å². The molecule has 8 aliphatic rings. The number of carbonyl (C=O) groups is 4. The molecule has 83 heavy (non-hydrogen) atoms. The molecule has 466 valence electrons. The molecule has 7 fully saturated rings. The Bertz CT molecular complexity index is 2520. The van der Waals surface area contributed by atoms with Gasteiger partial charge in [-0.25, -0.2) is 0 Å². The molecule has 0 bridgehead atoms. The zero-order chi connectivity index (χ0) is 60.4. The van der Waals surface area contributed by atoms with Gasteiger partial charge in [0.15, 0.2) is 18.7 Å². The topological polar surface area (TPSA) is 330 Å². The molecule has 1 aromatic rings. The molecule has 9 rings (SSSR count). The molecule has 0 spiro atoms. The maximum atomic E-state index is 15.8. The van der Waals surface area contributed by atoms with Gasteiger partial charge in [0.05, 0.1) is 61.6 Å². The Kier molecular flexibility index (Phi) is 19.5. The number of nitrogens with one attached hydrogen (secondary N) is 2. The van der Waals surface area contributed by atoms with Crippen LogP contribution in [0.5, 0.6) is 0 Å².